The molecule has 1 aromatic carbocycles. The normalized spacial score (nSPS) is 21.1. The average molecular weight is 309 g/mol. The minimum absolute atomic E-state index is 0.0145. The predicted molar refractivity (Wildman–Crippen MR) is 75.9 cm³/mol. The van der Waals surface area contributed by atoms with Gasteiger partial charge in [-0.3, -0.25) is 4.90 Å². The molecule has 1 N–H and O–H groups in total. The maximum atomic E-state index is 12.1. The summed E-state index contributed by atoms with van der Waals surface area (Å²) in [4.78, 5) is 24.9. The molecule has 0 aromatic heterocycles. The predicted octanol–water partition coefficient (Wildman–Crippen LogP) is 0.556. The number of aliphatic hydroxyl groups is 1. The van der Waals surface area contributed by atoms with E-state index in [1.165, 1.54) is 19.1 Å². The number of esters is 1. The summed E-state index contributed by atoms with van der Waals surface area (Å²) in [6.45, 7) is 0.109. The number of carbonyl (C=O) groups is 2. The van der Waals surface area contributed by atoms with Crippen LogP contribution in [0.15, 0.2) is 30.3 Å². The van der Waals surface area contributed by atoms with Crippen molar-refractivity contribution in [3.05, 3.63) is 35.9 Å². The molecule has 0 spiro atoms. The highest BCUT2D eigenvalue weighted by Crippen LogP contribution is 2.33. The number of amides is 1. The first-order chi connectivity index (χ1) is 10.6. The zero-order valence-corrected chi connectivity index (χ0v) is 12.5. The lowest BCUT2D eigenvalue weighted by Gasteiger charge is -2.09. The van der Waals surface area contributed by atoms with Crippen LogP contribution in [0.2, 0.25) is 0 Å². The molecule has 3 atom stereocenters. The summed E-state index contributed by atoms with van der Waals surface area (Å²) >= 11 is 0. The van der Waals surface area contributed by atoms with Crippen LogP contribution in [0.5, 0.6) is 0 Å². The fourth-order valence-corrected chi connectivity index (χ4v) is 2.32. The van der Waals surface area contributed by atoms with Gasteiger partial charge in [0.05, 0.1) is 19.8 Å². The number of benzene rings is 1. The van der Waals surface area contributed by atoms with Crippen LogP contribution in [0, 0.1) is 0 Å². The third-order valence-corrected chi connectivity index (χ3v) is 3.44. The number of methoxy groups -OCH3 is 2. The Morgan fingerprint density at radius 1 is 1.27 bits per heavy atom. The zero-order valence-electron chi connectivity index (χ0n) is 12.5. The van der Waals surface area contributed by atoms with Crippen LogP contribution in [0.4, 0.5) is 4.79 Å². The van der Waals surface area contributed by atoms with Gasteiger partial charge in [0.2, 0.25) is 0 Å². The van der Waals surface area contributed by atoms with Crippen molar-refractivity contribution in [1.82, 2.24) is 4.90 Å². The Morgan fingerprint density at radius 3 is 2.55 bits per heavy atom. The summed E-state index contributed by atoms with van der Waals surface area (Å²) in [5, 5.41) is 9.93. The van der Waals surface area contributed by atoms with E-state index < -0.39 is 30.3 Å². The molecule has 1 aliphatic rings. The van der Waals surface area contributed by atoms with Crippen LogP contribution in [0.3, 0.4) is 0 Å². The Bertz CT molecular complexity index is 520. The Balaban J connectivity index is 1.96. The molecule has 7 heteroatoms. The van der Waals surface area contributed by atoms with Crippen LogP contribution in [-0.2, 0) is 25.6 Å². The molecule has 0 unspecified atom stereocenters. The van der Waals surface area contributed by atoms with Crippen molar-refractivity contribution in [2.45, 2.75) is 24.8 Å². The number of ether oxygens (including phenoxy) is 3. The molecule has 1 fully saturated rings. The summed E-state index contributed by atoms with van der Waals surface area (Å²) in [5.41, 5.74) is 0.835. The summed E-state index contributed by atoms with van der Waals surface area (Å²) in [6, 6.07) is 7.66. The summed E-state index contributed by atoms with van der Waals surface area (Å²) in [7, 11) is 2.66. The highest BCUT2D eigenvalue weighted by atomic mass is 16.6. The van der Waals surface area contributed by atoms with Gasteiger partial charge in [-0.15, -0.1) is 0 Å². The van der Waals surface area contributed by atoms with E-state index in [-0.39, 0.29) is 13.2 Å². The van der Waals surface area contributed by atoms with Crippen molar-refractivity contribution in [2.24, 2.45) is 0 Å². The number of hydrogen-bond donors (Lipinski definition) is 1. The Kier molecular flexibility index (Phi) is 5.35. The molecule has 1 aliphatic heterocycles. The van der Waals surface area contributed by atoms with E-state index in [1.807, 2.05) is 30.3 Å². The maximum Gasteiger partial charge on any atom is 0.411 e. The van der Waals surface area contributed by atoms with Gasteiger partial charge in [0, 0.05) is 7.11 Å². The number of aliphatic hydroxyl groups excluding tert-OH is 1. The molecular formula is C15H19NO6. The Hall–Kier alpha value is -2.12. The van der Waals surface area contributed by atoms with Gasteiger partial charge in [-0.05, 0) is 5.56 Å². The summed E-state index contributed by atoms with van der Waals surface area (Å²) in [5.74, 6) is -0.586. The minimum atomic E-state index is -0.974. The lowest BCUT2D eigenvalue weighted by Crippen LogP contribution is -2.27. The van der Waals surface area contributed by atoms with Gasteiger partial charge >= 0.3 is 12.1 Å². The monoisotopic (exact) mass is 309 g/mol. The Morgan fingerprint density at radius 2 is 1.95 bits per heavy atom. The largest absolute Gasteiger partial charge is 0.467 e. The van der Waals surface area contributed by atoms with Crippen molar-refractivity contribution in [2.75, 3.05) is 20.8 Å². The molecule has 1 heterocycles. The fourth-order valence-electron chi connectivity index (χ4n) is 2.32. The lowest BCUT2D eigenvalue weighted by atomic mass is 10.2. The smallest absolute Gasteiger partial charge is 0.411 e. The minimum Gasteiger partial charge on any atom is -0.467 e. The van der Waals surface area contributed by atoms with E-state index >= 15 is 0 Å². The van der Waals surface area contributed by atoms with Crippen molar-refractivity contribution in [3.8, 4) is 0 Å². The van der Waals surface area contributed by atoms with E-state index in [9.17, 15) is 14.7 Å². The molecule has 1 aromatic rings. The third-order valence-electron chi connectivity index (χ3n) is 3.44. The molecule has 0 saturated carbocycles. The SMILES string of the molecule is COC[C@@H](O)[C@H]1[C@@H](C(=O)OC)N1C(=O)OCc1ccccc1. The molecule has 1 saturated heterocycles. The van der Waals surface area contributed by atoms with Gasteiger partial charge in [-0.2, -0.15) is 0 Å². The van der Waals surface area contributed by atoms with E-state index in [4.69, 9.17) is 9.47 Å². The quantitative estimate of drug-likeness (QED) is 0.610. The number of hydrogen-bond acceptors (Lipinski definition) is 6. The first-order valence-electron chi connectivity index (χ1n) is 6.84. The van der Waals surface area contributed by atoms with Crippen LogP contribution in [0.25, 0.3) is 0 Å². The van der Waals surface area contributed by atoms with Gasteiger partial charge in [-0.25, -0.2) is 9.59 Å². The van der Waals surface area contributed by atoms with E-state index in [1.54, 1.807) is 0 Å². The molecule has 0 aliphatic carbocycles. The average Bonchev–Trinajstić information content (AvgIpc) is 3.29. The highest BCUT2D eigenvalue weighted by molar-refractivity contribution is 5.88. The molecule has 22 heavy (non-hydrogen) atoms. The lowest BCUT2D eigenvalue weighted by molar-refractivity contribution is -0.141. The van der Waals surface area contributed by atoms with Crippen molar-refractivity contribution in [1.29, 1.82) is 0 Å². The van der Waals surface area contributed by atoms with Gasteiger partial charge in [0.25, 0.3) is 0 Å². The van der Waals surface area contributed by atoms with Crippen LogP contribution in [-0.4, -0.2) is 61.1 Å². The second kappa shape index (κ2) is 7.24. The van der Waals surface area contributed by atoms with Crippen LogP contribution in [0.1, 0.15) is 5.56 Å². The molecule has 0 bridgehead atoms. The molecular weight excluding hydrogens is 290 g/mol. The van der Waals surface area contributed by atoms with Crippen LogP contribution >= 0.6 is 0 Å². The highest BCUT2D eigenvalue weighted by Gasteiger charge is 2.60. The number of nitrogens with zero attached hydrogens (tertiary/aromatic N) is 1. The molecule has 2 rings (SSSR count). The third kappa shape index (κ3) is 3.55. The van der Waals surface area contributed by atoms with E-state index in [2.05, 4.69) is 4.74 Å². The zero-order chi connectivity index (χ0) is 16.1. The molecule has 1 amide bonds. The first kappa shape index (κ1) is 16.3. The second-order valence-electron chi connectivity index (χ2n) is 4.93. The van der Waals surface area contributed by atoms with Gasteiger partial charge < -0.3 is 19.3 Å². The summed E-state index contributed by atoms with van der Waals surface area (Å²) in [6.07, 6.45) is -1.64. The Labute approximate surface area is 128 Å². The topological polar surface area (TPSA) is 85.1 Å². The molecule has 7 nitrogen and oxygen atoms in total. The van der Waals surface area contributed by atoms with Crippen LogP contribution < -0.4 is 0 Å². The van der Waals surface area contributed by atoms with E-state index in [0.29, 0.717) is 0 Å². The van der Waals surface area contributed by atoms with Gasteiger partial charge in [0.15, 0.2) is 6.04 Å². The number of rotatable bonds is 6. The molecule has 0 radical (unpaired) electrons. The van der Waals surface area contributed by atoms with Gasteiger partial charge in [-0.1, -0.05) is 30.3 Å². The standard InChI is InChI=1S/C15H19NO6/c1-20-9-11(17)12-13(14(18)21-2)16(12)15(19)22-8-10-6-4-3-5-7-10/h3-7,11-13,17H,8-9H2,1-2H3/t11-,12+,13+,16?/m1/s1. The summed E-state index contributed by atoms with van der Waals surface area (Å²) < 4.78 is 14.6. The second-order valence-corrected chi connectivity index (χ2v) is 4.93. The maximum absolute atomic E-state index is 12.1. The fraction of sp³-hybridized carbons (Fsp3) is 0.467. The van der Waals surface area contributed by atoms with Crippen molar-refractivity contribution < 1.29 is 28.9 Å². The molecule has 120 valence electrons. The first-order valence-corrected chi connectivity index (χ1v) is 6.84. The van der Waals surface area contributed by atoms with Crippen molar-refractivity contribution >= 4 is 12.1 Å². The van der Waals surface area contributed by atoms with Crippen molar-refractivity contribution in [3.63, 3.8) is 0 Å². The number of carbonyl (C=O) groups excluding carboxylic acids is 2. The van der Waals surface area contributed by atoms with Gasteiger partial charge in [0.1, 0.15) is 12.7 Å². The van der Waals surface area contributed by atoms with E-state index in [0.717, 1.165) is 5.56 Å².